The molecule has 23 heavy (non-hydrogen) atoms. The van der Waals surface area contributed by atoms with Gasteiger partial charge >= 0.3 is 0 Å². The number of hydrogen-bond donors (Lipinski definition) is 0. The molecule has 0 aliphatic carbocycles. The molecule has 138 valence electrons. The van der Waals surface area contributed by atoms with Crippen molar-refractivity contribution >= 4 is 0 Å². The maximum Gasteiger partial charge on any atom is 0.0753 e. The number of ether oxygens (including phenoxy) is 1. The summed E-state index contributed by atoms with van der Waals surface area (Å²) in [7, 11) is 0. The first kappa shape index (κ1) is 22.7. The standard InChI is InChI=1S/C22H44O/c1-4-7-9-11-13-15-17-19-21-23-22(6-3)20-18-16-14-12-10-8-5-2/h6,22H,3-5,7-21H2,1-2H3. The van der Waals surface area contributed by atoms with E-state index in [-0.39, 0.29) is 6.10 Å². The van der Waals surface area contributed by atoms with Gasteiger partial charge < -0.3 is 4.74 Å². The molecule has 0 saturated heterocycles. The first-order chi connectivity index (χ1) is 11.3. The molecule has 0 aliphatic heterocycles. The third kappa shape index (κ3) is 17.9. The molecule has 1 heteroatoms. The molecule has 0 radical (unpaired) electrons. The van der Waals surface area contributed by atoms with Gasteiger partial charge in [0.05, 0.1) is 6.10 Å². The second-order valence-electron chi connectivity index (χ2n) is 7.03. The van der Waals surface area contributed by atoms with Crippen LogP contribution in [0.3, 0.4) is 0 Å². The van der Waals surface area contributed by atoms with E-state index < -0.39 is 0 Å². The average molecular weight is 325 g/mol. The molecule has 0 heterocycles. The fourth-order valence-corrected chi connectivity index (χ4v) is 3.04. The zero-order valence-corrected chi connectivity index (χ0v) is 16.3. The van der Waals surface area contributed by atoms with Crippen LogP contribution in [0.15, 0.2) is 12.7 Å². The van der Waals surface area contributed by atoms with Gasteiger partial charge in [0.2, 0.25) is 0 Å². The Morgan fingerprint density at radius 1 is 0.652 bits per heavy atom. The first-order valence-electron chi connectivity index (χ1n) is 10.6. The second-order valence-corrected chi connectivity index (χ2v) is 7.03. The molecule has 0 fully saturated rings. The lowest BCUT2D eigenvalue weighted by molar-refractivity contribution is 0.0746. The highest BCUT2D eigenvalue weighted by molar-refractivity contribution is 4.79. The molecule has 1 atom stereocenters. The molecule has 0 saturated carbocycles. The number of rotatable bonds is 19. The lowest BCUT2D eigenvalue weighted by Crippen LogP contribution is -2.10. The van der Waals surface area contributed by atoms with E-state index >= 15 is 0 Å². The van der Waals surface area contributed by atoms with Crippen LogP contribution < -0.4 is 0 Å². The average Bonchev–Trinajstić information content (AvgIpc) is 2.57. The Kier molecular flexibility index (Phi) is 19.5. The summed E-state index contributed by atoms with van der Waals surface area (Å²) in [6.45, 7) is 9.40. The Morgan fingerprint density at radius 3 is 1.57 bits per heavy atom. The van der Waals surface area contributed by atoms with Crippen molar-refractivity contribution in [3.8, 4) is 0 Å². The predicted molar refractivity (Wildman–Crippen MR) is 105 cm³/mol. The summed E-state index contributed by atoms with van der Waals surface area (Å²) in [4.78, 5) is 0. The van der Waals surface area contributed by atoms with Gasteiger partial charge in [-0.25, -0.2) is 0 Å². The van der Waals surface area contributed by atoms with Gasteiger partial charge in [-0.15, -0.1) is 6.58 Å². The van der Waals surface area contributed by atoms with Gasteiger partial charge in [0.15, 0.2) is 0 Å². The van der Waals surface area contributed by atoms with Gasteiger partial charge in [0, 0.05) is 6.61 Å². The van der Waals surface area contributed by atoms with Crippen molar-refractivity contribution in [3.63, 3.8) is 0 Å². The van der Waals surface area contributed by atoms with Crippen LogP contribution in [-0.2, 0) is 4.74 Å². The minimum Gasteiger partial charge on any atom is -0.374 e. The molecular weight excluding hydrogens is 280 g/mol. The fraction of sp³-hybridized carbons (Fsp3) is 0.909. The summed E-state index contributed by atoms with van der Waals surface area (Å²) in [6.07, 6.45) is 24.0. The summed E-state index contributed by atoms with van der Waals surface area (Å²) in [5.74, 6) is 0. The quantitative estimate of drug-likeness (QED) is 0.174. The van der Waals surface area contributed by atoms with Crippen molar-refractivity contribution in [2.75, 3.05) is 6.61 Å². The van der Waals surface area contributed by atoms with Crippen molar-refractivity contribution in [3.05, 3.63) is 12.7 Å². The van der Waals surface area contributed by atoms with Crippen LogP contribution in [0.4, 0.5) is 0 Å². The lowest BCUT2D eigenvalue weighted by Gasteiger charge is -2.14. The Balaban J connectivity index is 3.30. The van der Waals surface area contributed by atoms with E-state index in [2.05, 4.69) is 20.4 Å². The molecule has 0 N–H and O–H groups in total. The summed E-state index contributed by atoms with van der Waals surface area (Å²) in [5, 5.41) is 0. The van der Waals surface area contributed by atoms with Gasteiger partial charge in [-0.2, -0.15) is 0 Å². The minimum absolute atomic E-state index is 0.287. The van der Waals surface area contributed by atoms with E-state index in [4.69, 9.17) is 4.74 Å². The van der Waals surface area contributed by atoms with Gasteiger partial charge in [0.25, 0.3) is 0 Å². The van der Waals surface area contributed by atoms with Crippen molar-refractivity contribution in [2.45, 2.75) is 123 Å². The third-order valence-electron chi connectivity index (χ3n) is 4.68. The van der Waals surface area contributed by atoms with Crippen molar-refractivity contribution in [1.29, 1.82) is 0 Å². The van der Waals surface area contributed by atoms with Crippen LogP contribution in [0.5, 0.6) is 0 Å². The van der Waals surface area contributed by atoms with E-state index in [0.29, 0.717) is 0 Å². The Hall–Kier alpha value is -0.300. The summed E-state index contributed by atoms with van der Waals surface area (Å²) >= 11 is 0. The smallest absolute Gasteiger partial charge is 0.0753 e. The SMILES string of the molecule is C=CC(CCCCCCCCC)OCCCCCCCCCC. The predicted octanol–water partition coefficient (Wildman–Crippen LogP) is 7.84. The van der Waals surface area contributed by atoms with Crippen LogP contribution >= 0.6 is 0 Å². The monoisotopic (exact) mass is 324 g/mol. The first-order valence-corrected chi connectivity index (χ1v) is 10.6. The molecule has 1 unspecified atom stereocenters. The molecule has 0 aromatic heterocycles. The summed E-state index contributed by atoms with van der Waals surface area (Å²) in [6, 6.07) is 0. The van der Waals surface area contributed by atoms with Crippen LogP contribution in [0.25, 0.3) is 0 Å². The normalized spacial score (nSPS) is 12.4. The highest BCUT2D eigenvalue weighted by atomic mass is 16.5. The fourth-order valence-electron chi connectivity index (χ4n) is 3.04. The molecule has 0 bridgehead atoms. The van der Waals surface area contributed by atoms with E-state index in [1.54, 1.807) is 0 Å². The maximum atomic E-state index is 5.96. The third-order valence-corrected chi connectivity index (χ3v) is 4.68. The van der Waals surface area contributed by atoms with Crippen LogP contribution in [-0.4, -0.2) is 12.7 Å². The molecule has 0 amide bonds. The second kappa shape index (κ2) is 19.7. The zero-order valence-electron chi connectivity index (χ0n) is 16.3. The van der Waals surface area contributed by atoms with E-state index in [1.807, 2.05) is 6.08 Å². The maximum absolute atomic E-state index is 5.96. The van der Waals surface area contributed by atoms with E-state index in [1.165, 1.54) is 96.3 Å². The van der Waals surface area contributed by atoms with Gasteiger partial charge in [-0.05, 0) is 12.8 Å². The lowest BCUT2D eigenvalue weighted by atomic mass is 10.1. The summed E-state index contributed by atoms with van der Waals surface area (Å²) in [5.41, 5.74) is 0. The van der Waals surface area contributed by atoms with Gasteiger partial charge in [-0.3, -0.25) is 0 Å². The highest BCUT2D eigenvalue weighted by Crippen LogP contribution is 2.13. The van der Waals surface area contributed by atoms with Gasteiger partial charge in [0.1, 0.15) is 0 Å². The molecule has 0 aliphatic rings. The highest BCUT2D eigenvalue weighted by Gasteiger charge is 2.04. The van der Waals surface area contributed by atoms with Crippen LogP contribution in [0.2, 0.25) is 0 Å². The Labute approximate surface area is 147 Å². The van der Waals surface area contributed by atoms with Crippen molar-refractivity contribution < 1.29 is 4.74 Å². The van der Waals surface area contributed by atoms with E-state index in [0.717, 1.165) is 13.0 Å². The summed E-state index contributed by atoms with van der Waals surface area (Å²) < 4.78 is 5.96. The number of unbranched alkanes of at least 4 members (excludes halogenated alkanes) is 13. The Bertz CT molecular complexity index is 224. The van der Waals surface area contributed by atoms with Gasteiger partial charge in [-0.1, -0.05) is 110 Å². The minimum atomic E-state index is 0.287. The molecule has 0 aromatic carbocycles. The largest absolute Gasteiger partial charge is 0.374 e. The molecule has 1 nitrogen and oxygen atoms in total. The molecule has 0 rings (SSSR count). The Morgan fingerprint density at radius 2 is 1.09 bits per heavy atom. The van der Waals surface area contributed by atoms with Crippen LogP contribution in [0.1, 0.15) is 117 Å². The molecule has 0 aromatic rings. The molecule has 0 spiro atoms. The number of hydrogen-bond acceptors (Lipinski definition) is 1. The molecular formula is C22H44O. The van der Waals surface area contributed by atoms with Crippen molar-refractivity contribution in [1.82, 2.24) is 0 Å². The topological polar surface area (TPSA) is 9.23 Å². The van der Waals surface area contributed by atoms with E-state index in [9.17, 15) is 0 Å². The van der Waals surface area contributed by atoms with Crippen LogP contribution in [0, 0.1) is 0 Å². The zero-order chi connectivity index (χ0) is 17.0. The van der Waals surface area contributed by atoms with Crippen molar-refractivity contribution in [2.24, 2.45) is 0 Å².